The van der Waals surface area contributed by atoms with Gasteiger partial charge in [-0.2, -0.15) is 0 Å². The number of amides is 1. The molecule has 0 aliphatic carbocycles. The lowest BCUT2D eigenvalue weighted by molar-refractivity contribution is -0.125. The van der Waals surface area contributed by atoms with Crippen LogP contribution in [0.25, 0.3) is 0 Å². The summed E-state index contributed by atoms with van der Waals surface area (Å²) < 4.78 is 5.40. The summed E-state index contributed by atoms with van der Waals surface area (Å²) in [6.07, 6.45) is 0.814. The molecule has 0 fully saturated rings. The van der Waals surface area contributed by atoms with Gasteiger partial charge in [-0.1, -0.05) is 17.7 Å². The van der Waals surface area contributed by atoms with E-state index in [2.05, 4.69) is 28.6 Å². The number of nitrogens with zero attached hydrogens (tertiary/aromatic N) is 1. The van der Waals surface area contributed by atoms with Gasteiger partial charge >= 0.3 is 0 Å². The molecule has 0 aliphatic rings. The van der Waals surface area contributed by atoms with Gasteiger partial charge in [0.15, 0.2) is 5.96 Å². The highest BCUT2D eigenvalue weighted by molar-refractivity contribution is 5.82. The highest BCUT2D eigenvalue weighted by Crippen LogP contribution is 2.19. The third-order valence-corrected chi connectivity index (χ3v) is 3.77. The van der Waals surface area contributed by atoms with Crippen LogP contribution in [-0.4, -0.2) is 38.6 Å². The lowest BCUT2D eigenvalue weighted by Crippen LogP contribution is -2.40. The molecule has 0 saturated carbocycles. The van der Waals surface area contributed by atoms with Crippen LogP contribution in [0.3, 0.4) is 0 Å². The van der Waals surface area contributed by atoms with Crippen LogP contribution < -0.4 is 21.1 Å². The lowest BCUT2D eigenvalue weighted by Gasteiger charge is -2.19. The van der Waals surface area contributed by atoms with Gasteiger partial charge in [0, 0.05) is 13.1 Å². The number of carbonyl (C=O) groups excluding carboxylic acids is 1. The summed E-state index contributed by atoms with van der Waals surface area (Å²) in [4.78, 5) is 15.9. The van der Waals surface area contributed by atoms with Crippen LogP contribution in [0.1, 0.15) is 31.9 Å². The second kappa shape index (κ2) is 9.15. The Morgan fingerprint density at radius 3 is 2.62 bits per heavy atom. The largest absolute Gasteiger partial charge is 0.496 e. The zero-order valence-corrected chi connectivity index (χ0v) is 15.4. The van der Waals surface area contributed by atoms with Crippen LogP contribution >= 0.6 is 0 Å². The number of hydrogen-bond donors (Lipinski definition) is 3. The van der Waals surface area contributed by atoms with Crippen LogP contribution in [0.4, 0.5) is 0 Å². The molecular weight excluding hydrogens is 304 g/mol. The molecule has 0 spiro atoms. The summed E-state index contributed by atoms with van der Waals surface area (Å²) in [5, 5.41) is 6.46. The minimum atomic E-state index is -0.665. The van der Waals surface area contributed by atoms with E-state index in [0.717, 1.165) is 24.3 Å². The summed E-state index contributed by atoms with van der Waals surface area (Å²) in [5.74, 6) is 1.21. The van der Waals surface area contributed by atoms with Gasteiger partial charge in [-0.3, -0.25) is 9.79 Å². The van der Waals surface area contributed by atoms with Crippen molar-refractivity contribution in [2.45, 2.75) is 34.1 Å². The standard InChI is InChI=1S/C18H30N4O2/c1-6-20-17(22-12-18(3,4)16(19)23)21-10-9-14-11-13(2)7-8-15(14)24-5/h7-8,11H,6,9-10,12H2,1-5H3,(H2,19,23)(H2,20,21,22). The average Bonchev–Trinajstić information content (AvgIpc) is 2.52. The van der Waals surface area contributed by atoms with Gasteiger partial charge in [-0.05, 0) is 45.7 Å². The van der Waals surface area contributed by atoms with E-state index in [9.17, 15) is 4.79 Å². The Balaban J connectivity index is 2.67. The molecule has 0 aromatic heterocycles. The maximum Gasteiger partial charge on any atom is 0.224 e. The van der Waals surface area contributed by atoms with Gasteiger partial charge in [0.2, 0.25) is 5.91 Å². The van der Waals surface area contributed by atoms with E-state index in [1.807, 2.05) is 19.1 Å². The predicted octanol–water partition coefficient (Wildman–Crippen LogP) is 1.61. The van der Waals surface area contributed by atoms with Crippen molar-refractivity contribution in [3.05, 3.63) is 29.3 Å². The number of nitrogens with two attached hydrogens (primary N) is 1. The molecule has 0 radical (unpaired) electrons. The van der Waals surface area contributed by atoms with E-state index in [0.29, 0.717) is 19.0 Å². The number of nitrogens with one attached hydrogen (secondary N) is 2. The van der Waals surface area contributed by atoms with E-state index in [4.69, 9.17) is 10.5 Å². The SMILES string of the molecule is CCNC(=NCC(C)(C)C(N)=O)NCCc1cc(C)ccc1OC. The van der Waals surface area contributed by atoms with E-state index >= 15 is 0 Å². The summed E-state index contributed by atoms with van der Waals surface area (Å²) in [7, 11) is 1.68. The van der Waals surface area contributed by atoms with Crippen molar-refractivity contribution in [2.24, 2.45) is 16.1 Å². The zero-order valence-electron chi connectivity index (χ0n) is 15.4. The quantitative estimate of drug-likeness (QED) is 0.498. The average molecular weight is 334 g/mol. The molecule has 1 rings (SSSR count). The van der Waals surface area contributed by atoms with Crippen LogP contribution in [0.5, 0.6) is 5.75 Å². The number of ether oxygens (including phenoxy) is 1. The molecule has 0 bridgehead atoms. The number of carbonyl (C=O) groups is 1. The summed E-state index contributed by atoms with van der Waals surface area (Å²) in [6.45, 7) is 9.44. The number of benzene rings is 1. The third-order valence-electron chi connectivity index (χ3n) is 3.77. The van der Waals surface area contributed by atoms with E-state index < -0.39 is 5.41 Å². The molecule has 6 nitrogen and oxygen atoms in total. The predicted molar refractivity (Wildman–Crippen MR) is 98.4 cm³/mol. The van der Waals surface area contributed by atoms with Gasteiger partial charge in [0.25, 0.3) is 0 Å². The first-order valence-corrected chi connectivity index (χ1v) is 8.25. The Labute approximate surface area is 144 Å². The maximum absolute atomic E-state index is 11.4. The first-order chi connectivity index (χ1) is 11.3. The minimum Gasteiger partial charge on any atom is -0.496 e. The highest BCUT2D eigenvalue weighted by Gasteiger charge is 2.24. The number of rotatable bonds is 8. The highest BCUT2D eigenvalue weighted by atomic mass is 16.5. The molecule has 6 heteroatoms. The summed E-state index contributed by atoms with van der Waals surface area (Å²) >= 11 is 0. The maximum atomic E-state index is 11.4. The van der Waals surface area contributed by atoms with Crippen LogP contribution in [0.15, 0.2) is 23.2 Å². The summed E-state index contributed by atoms with van der Waals surface area (Å²) in [5.41, 5.74) is 7.08. The van der Waals surface area contributed by atoms with Crippen LogP contribution in [-0.2, 0) is 11.2 Å². The van der Waals surface area contributed by atoms with Gasteiger partial charge < -0.3 is 21.1 Å². The van der Waals surface area contributed by atoms with Gasteiger partial charge in [-0.25, -0.2) is 0 Å². The fraction of sp³-hybridized carbons (Fsp3) is 0.556. The molecule has 1 aromatic rings. The van der Waals surface area contributed by atoms with Gasteiger partial charge in [-0.15, -0.1) is 0 Å². The van der Waals surface area contributed by atoms with E-state index in [1.54, 1.807) is 21.0 Å². The second-order valence-electron chi connectivity index (χ2n) is 6.44. The van der Waals surface area contributed by atoms with Crippen molar-refractivity contribution < 1.29 is 9.53 Å². The van der Waals surface area contributed by atoms with Crippen molar-refractivity contribution in [2.75, 3.05) is 26.7 Å². The summed E-state index contributed by atoms with van der Waals surface area (Å²) in [6, 6.07) is 6.15. The van der Waals surface area contributed by atoms with Crippen molar-refractivity contribution in [1.29, 1.82) is 0 Å². The molecule has 1 amide bonds. The molecule has 1 aromatic carbocycles. The lowest BCUT2D eigenvalue weighted by atomic mass is 9.93. The molecule has 0 heterocycles. The van der Waals surface area contributed by atoms with Crippen molar-refractivity contribution in [3.63, 3.8) is 0 Å². The first-order valence-electron chi connectivity index (χ1n) is 8.25. The van der Waals surface area contributed by atoms with Gasteiger partial charge in [0.05, 0.1) is 19.1 Å². The number of hydrogen-bond acceptors (Lipinski definition) is 3. The monoisotopic (exact) mass is 334 g/mol. The minimum absolute atomic E-state index is 0.339. The molecular formula is C18H30N4O2. The van der Waals surface area contributed by atoms with Crippen LogP contribution in [0, 0.1) is 12.3 Å². The Hall–Kier alpha value is -2.24. The number of aryl methyl sites for hydroxylation is 1. The number of aliphatic imine (C=N–C) groups is 1. The molecule has 0 aliphatic heterocycles. The zero-order chi connectivity index (χ0) is 18.2. The topological polar surface area (TPSA) is 88.7 Å². The van der Waals surface area contributed by atoms with E-state index in [-0.39, 0.29) is 5.91 Å². The Morgan fingerprint density at radius 1 is 1.33 bits per heavy atom. The number of guanidine groups is 1. The first kappa shape index (κ1) is 19.8. The van der Waals surface area contributed by atoms with Gasteiger partial charge in [0.1, 0.15) is 5.75 Å². The fourth-order valence-electron chi connectivity index (χ4n) is 2.11. The van der Waals surface area contributed by atoms with Crippen molar-refractivity contribution in [3.8, 4) is 5.75 Å². The Kier molecular flexibility index (Phi) is 7.55. The molecule has 0 saturated heterocycles. The van der Waals surface area contributed by atoms with Crippen molar-refractivity contribution in [1.82, 2.24) is 10.6 Å². The second-order valence-corrected chi connectivity index (χ2v) is 6.44. The smallest absolute Gasteiger partial charge is 0.224 e. The van der Waals surface area contributed by atoms with Crippen LogP contribution in [0.2, 0.25) is 0 Å². The Bertz CT molecular complexity index is 582. The molecule has 24 heavy (non-hydrogen) atoms. The molecule has 0 unspecified atom stereocenters. The fourth-order valence-corrected chi connectivity index (χ4v) is 2.11. The molecule has 134 valence electrons. The number of primary amides is 1. The third kappa shape index (κ3) is 6.10. The Morgan fingerprint density at radius 2 is 2.04 bits per heavy atom. The van der Waals surface area contributed by atoms with E-state index in [1.165, 1.54) is 5.56 Å². The number of methoxy groups -OCH3 is 1. The normalized spacial score (nSPS) is 12.0. The molecule has 4 N–H and O–H groups in total. The molecule has 0 atom stereocenters. The van der Waals surface area contributed by atoms with Crippen molar-refractivity contribution >= 4 is 11.9 Å².